The van der Waals surface area contributed by atoms with E-state index in [-0.39, 0.29) is 18.4 Å². The largest absolute Gasteiger partial charge is 0.357 e. The van der Waals surface area contributed by atoms with Gasteiger partial charge in [-0.05, 0) is 37.0 Å². The molecule has 1 aromatic carbocycles. The van der Waals surface area contributed by atoms with Crippen LogP contribution in [0.1, 0.15) is 30.7 Å². The van der Waals surface area contributed by atoms with E-state index in [4.69, 9.17) is 5.73 Å². The van der Waals surface area contributed by atoms with Gasteiger partial charge >= 0.3 is 0 Å². The van der Waals surface area contributed by atoms with Crippen molar-refractivity contribution in [2.24, 2.45) is 5.73 Å². The second-order valence-electron chi connectivity index (χ2n) is 6.14. The predicted octanol–water partition coefficient (Wildman–Crippen LogP) is 2.75. The zero-order valence-corrected chi connectivity index (χ0v) is 13.8. The summed E-state index contributed by atoms with van der Waals surface area (Å²) in [4.78, 5) is 19.3. The van der Waals surface area contributed by atoms with E-state index in [2.05, 4.69) is 15.2 Å². The van der Waals surface area contributed by atoms with Gasteiger partial charge in [0.1, 0.15) is 5.82 Å². The van der Waals surface area contributed by atoms with Crippen LogP contribution in [0.2, 0.25) is 0 Å². The maximum Gasteiger partial charge on any atom is 0.233 e. The molecule has 1 unspecified atom stereocenters. The molecule has 126 valence electrons. The van der Waals surface area contributed by atoms with Crippen molar-refractivity contribution in [3.8, 4) is 0 Å². The fraction of sp³-hybridized carbons (Fsp3) is 0.368. The van der Waals surface area contributed by atoms with Crippen LogP contribution in [0, 0.1) is 0 Å². The van der Waals surface area contributed by atoms with E-state index < -0.39 is 0 Å². The fourth-order valence-corrected chi connectivity index (χ4v) is 3.08. The fourth-order valence-electron chi connectivity index (χ4n) is 3.08. The second kappa shape index (κ2) is 7.93. The molecule has 0 radical (unpaired) electrons. The summed E-state index contributed by atoms with van der Waals surface area (Å²) in [5.74, 6) is 0.523. The number of hydrogen-bond donors (Lipinski definition) is 2. The summed E-state index contributed by atoms with van der Waals surface area (Å²) < 4.78 is 0. The summed E-state index contributed by atoms with van der Waals surface area (Å²) in [6.07, 6.45) is 5.45. The van der Waals surface area contributed by atoms with Gasteiger partial charge in [0.15, 0.2) is 0 Å². The van der Waals surface area contributed by atoms with Crippen molar-refractivity contribution in [2.75, 3.05) is 29.9 Å². The van der Waals surface area contributed by atoms with Crippen molar-refractivity contribution in [1.29, 1.82) is 0 Å². The third-order valence-electron chi connectivity index (χ3n) is 4.45. The number of rotatable bonds is 5. The normalized spacial score (nSPS) is 15.8. The summed E-state index contributed by atoms with van der Waals surface area (Å²) in [7, 11) is 0. The zero-order valence-electron chi connectivity index (χ0n) is 13.8. The molecular weight excluding hydrogens is 300 g/mol. The van der Waals surface area contributed by atoms with E-state index in [0.717, 1.165) is 24.5 Å². The highest BCUT2D eigenvalue weighted by Crippen LogP contribution is 2.20. The first-order valence-electron chi connectivity index (χ1n) is 8.55. The van der Waals surface area contributed by atoms with Crippen LogP contribution < -0.4 is 16.0 Å². The number of amides is 1. The molecule has 5 heteroatoms. The standard InChI is InChI=1S/C19H24N4O/c20-13-17(15-7-3-1-4-8-15)19(24)22-16-9-10-18(21-14-16)23-11-5-2-6-12-23/h1,3-4,7-10,14,17H,2,5-6,11-13,20H2,(H,22,24). The first kappa shape index (κ1) is 16.5. The van der Waals surface area contributed by atoms with Crippen LogP contribution >= 0.6 is 0 Å². The quantitative estimate of drug-likeness (QED) is 0.887. The number of nitrogens with two attached hydrogens (primary N) is 1. The summed E-state index contributed by atoms with van der Waals surface area (Å²) in [5.41, 5.74) is 7.43. The Hall–Kier alpha value is -2.40. The number of carbonyl (C=O) groups is 1. The number of pyridine rings is 1. The van der Waals surface area contributed by atoms with E-state index in [1.807, 2.05) is 42.5 Å². The molecule has 1 aliphatic heterocycles. The molecule has 1 aliphatic rings. The van der Waals surface area contributed by atoms with Gasteiger partial charge in [-0.1, -0.05) is 30.3 Å². The van der Waals surface area contributed by atoms with Gasteiger partial charge in [0.05, 0.1) is 17.8 Å². The Kier molecular flexibility index (Phi) is 5.43. The highest BCUT2D eigenvalue weighted by Gasteiger charge is 2.19. The molecule has 0 saturated carbocycles. The van der Waals surface area contributed by atoms with Crippen LogP contribution in [-0.2, 0) is 4.79 Å². The lowest BCUT2D eigenvalue weighted by atomic mass is 9.98. The number of hydrogen-bond acceptors (Lipinski definition) is 4. The number of nitrogens with zero attached hydrogens (tertiary/aromatic N) is 2. The molecule has 1 saturated heterocycles. The smallest absolute Gasteiger partial charge is 0.233 e. The summed E-state index contributed by atoms with van der Waals surface area (Å²) in [6.45, 7) is 2.39. The number of carbonyl (C=O) groups excluding carboxylic acids is 1. The van der Waals surface area contributed by atoms with Gasteiger partial charge < -0.3 is 16.0 Å². The van der Waals surface area contributed by atoms with Gasteiger partial charge in [0, 0.05) is 19.6 Å². The molecule has 24 heavy (non-hydrogen) atoms. The van der Waals surface area contributed by atoms with Gasteiger partial charge in [0.2, 0.25) is 5.91 Å². The Bertz CT molecular complexity index is 651. The van der Waals surface area contributed by atoms with Crippen molar-refractivity contribution in [3.05, 3.63) is 54.2 Å². The number of aromatic nitrogens is 1. The van der Waals surface area contributed by atoms with Gasteiger partial charge in [0.25, 0.3) is 0 Å². The minimum absolute atomic E-state index is 0.101. The second-order valence-corrected chi connectivity index (χ2v) is 6.14. The molecule has 1 aromatic heterocycles. The molecule has 0 bridgehead atoms. The molecule has 3 N–H and O–H groups in total. The Labute approximate surface area is 142 Å². The first-order chi connectivity index (χ1) is 11.8. The van der Waals surface area contributed by atoms with Crippen LogP contribution in [0.4, 0.5) is 11.5 Å². The predicted molar refractivity (Wildman–Crippen MR) is 97.2 cm³/mol. The van der Waals surface area contributed by atoms with Crippen LogP contribution in [0.3, 0.4) is 0 Å². The van der Waals surface area contributed by atoms with Crippen molar-refractivity contribution in [3.63, 3.8) is 0 Å². The maximum atomic E-state index is 12.5. The lowest BCUT2D eigenvalue weighted by Gasteiger charge is -2.27. The Morgan fingerprint density at radius 3 is 2.50 bits per heavy atom. The average Bonchev–Trinajstić information content (AvgIpc) is 2.64. The third-order valence-corrected chi connectivity index (χ3v) is 4.45. The lowest BCUT2D eigenvalue weighted by Crippen LogP contribution is -2.30. The third kappa shape index (κ3) is 3.92. The van der Waals surface area contributed by atoms with Crippen LogP contribution in [0.25, 0.3) is 0 Å². The minimum atomic E-state index is -0.354. The first-order valence-corrected chi connectivity index (χ1v) is 8.55. The Balaban J connectivity index is 1.65. The van der Waals surface area contributed by atoms with Gasteiger partial charge in [-0.25, -0.2) is 4.98 Å². The molecule has 0 aliphatic carbocycles. The van der Waals surface area contributed by atoms with E-state index in [9.17, 15) is 4.79 Å². The molecule has 1 amide bonds. The lowest BCUT2D eigenvalue weighted by molar-refractivity contribution is -0.117. The topological polar surface area (TPSA) is 71.2 Å². The number of nitrogens with one attached hydrogen (secondary N) is 1. The molecule has 3 rings (SSSR count). The van der Waals surface area contributed by atoms with Gasteiger partial charge in [-0.15, -0.1) is 0 Å². The monoisotopic (exact) mass is 324 g/mol. The van der Waals surface area contributed by atoms with E-state index in [1.54, 1.807) is 6.20 Å². The molecule has 1 fully saturated rings. The van der Waals surface area contributed by atoms with Crippen molar-refractivity contribution < 1.29 is 4.79 Å². The molecule has 1 atom stereocenters. The highest BCUT2D eigenvalue weighted by atomic mass is 16.1. The van der Waals surface area contributed by atoms with Crippen molar-refractivity contribution >= 4 is 17.4 Å². The SMILES string of the molecule is NCC(C(=O)Nc1ccc(N2CCCCC2)nc1)c1ccccc1. The number of benzene rings is 1. The van der Waals surface area contributed by atoms with Crippen molar-refractivity contribution in [2.45, 2.75) is 25.2 Å². The summed E-state index contributed by atoms with van der Waals surface area (Å²) in [6, 6.07) is 13.5. The Morgan fingerprint density at radius 2 is 1.88 bits per heavy atom. The molecule has 5 nitrogen and oxygen atoms in total. The van der Waals surface area contributed by atoms with Crippen molar-refractivity contribution in [1.82, 2.24) is 4.98 Å². The van der Waals surface area contributed by atoms with E-state index >= 15 is 0 Å². The van der Waals surface area contributed by atoms with E-state index in [0.29, 0.717) is 5.69 Å². The maximum absolute atomic E-state index is 12.5. The summed E-state index contributed by atoms with van der Waals surface area (Å²) >= 11 is 0. The molecule has 2 aromatic rings. The average molecular weight is 324 g/mol. The molecular formula is C19H24N4O. The molecule has 0 spiro atoms. The zero-order chi connectivity index (χ0) is 16.8. The van der Waals surface area contributed by atoms with Gasteiger partial charge in [-0.3, -0.25) is 4.79 Å². The highest BCUT2D eigenvalue weighted by molar-refractivity contribution is 5.96. The number of anilines is 2. The molecule has 2 heterocycles. The summed E-state index contributed by atoms with van der Waals surface area (Å²) in [5, 5.41) is 2.92. The van der Waals surface area contributed by atoms with Crippen LogP contribution in [0.5, 0.6) is 0 Å². The van der Waals surface area contributed by atoms with E-state index in [1.165, 1.54) is 19.3 Å². The Morgan fingerprint density at radius 1 is 1.12 bits per heavy atom. The minimum Gasteiger partial charge on any atom is -0.357 e. The number of piperidine rings is 1. The van der Waals surface area contributed by atoms with Crippen LogP contribution in [0.15, 0.2) is 48.7 Å². The van der Waals surface area contributed by atoms with Gasteiger partial charge in [-0.2, -0.15) is 0 Å². The van der Waals surface area contributed by atoms with Crippen LogP contribution in [-0.4, -0.2) is 30.5 Å².